The number of hydrogen-bond acceptors (Lipinski definition) is 4. The molecule has 1 heterocycles. The van der Waals surface area contributed by atoms with Crippen LogP contribution in [0.5, 0.6) is 0 Å². The van der Waals surface area contributed by atoms with E-state index in [1.807, 2.05) is 0 Å². The normalized spacial score (nSPS) is 21.2. The van der Waals surface area contributed by atoms with E-state index in [1.165, 1.54) is 32.1 Å². The van der Waals surface area contributed by atoms with Gasteiger partial charge in [0, 0.05) is 18.5 Å². The number of nitrogens with one attached hydrogen (secondary N) is 2. The van der Waals surface area contributed by atoms with Crippen LogP contribution in [-0.2, 0) is 14.8 Å². The molecule has 1 fully saturated rings. The van der Waals surface area contributed by atoms with Gasteiger partial charge in [-0.3, -0.25) is 14.5 Å². The Morgan fingerprint density at radius 3 is 2.75 bits per heavy atom. The molecule has 1 amide bonds. The van der Waals surface area contributed by atoms with Crippen molar-refractivity contribution in [2.75, 3.05) is 13.1 Å². The molecular weight excluding hydrogens is 326 g/mol. The number of rotatable bonds is 5. The minimum Gasteiger partial charge on any atom is -0.356 e. The number of aliphatic imine (C=N–C) groups is 1. The molecule has 2 aliphatic rings. The van der Waals surface area contributed by atoms with E-state index >= 15 is 0 Å². The number of hydrogen-bond donors (Lipinski definition) is 2. The molecule has 1 aromatic carbocycles. The zero-order valence-electron chi connectivity index (χ0n) is 13.6. The Balaban J connectivity index is 1.51. The van der Waals surface area contributed by atoms with Gasteiger partial charge in [-0.2, -0.15) is 0 Å². The van der Waals surface area contributed by atoms with Crippen molar-refractivity contribution in [1.82, 2.24) is 10.0 Å². The second-order valence-electron chi connectivity index (χ2n) is 6.39. The monoisotopic (exact) mass is 349 g/mol. The first kappa shape index (κ1) is 17.0. The van der Waals surface area contributed by atoms with E-state index in [-0.39, 0.29) is 23.8 Å². The zero-order chi connectivity index (χ0) is 17.0. The van der Waals surface area contributed by atoms with Gasteiger partial charge in [0.05, 0.1) is 11.4 Å². The van der Waals surface area contributed by atoms with Gasteiger partial charge in [0.15, 0.2) is 0 Å². The van der Waals surface area contributed by atoms with Gasteiger partial charge in [0.25, 0.3) is 10.0 Å². The van der Waals surface area contributed by atoms with Gasteiger partial charge >= 0.3 is 0 Å². The fourth-order valence-corrected chi connectivity index (χ4v) is 4.51. The van der Waals surface area contributed by atoms with Crippen LogP contribution in [0.2, 0.25) is 0 Å². The van der Waals surface area contributed by atoms with Crippen LogP contribution in [-0.4, -0.2) is 33.3 Å². The van der Waals surface area contributed by atoms with Crippen LogP contribution in [0.15, 0.2) is 34.2 Å². The fourth-order valence-electron chi connectivity index (χ4n) is 3.26. The van der Waals surface area contributed by atoms with Crippen LogP contribution in [0.3, 0.4) is 0 Å². The summed E-state index contributed by atoms with van der Waals surface area (Å²) in [6, 6.07) is 6.72. The summed E-state index contributed by atoms with van der Waals surface area (Å²) in [5.41, 5.74) is 0.570. The van der Waals surface area contributed by atoms with E-state index in [4.69, 9.17) is 0 Å². The number of amides is 1. The quantitative estimate of drug-likeness (QED) is 0.850. The van der Waals surface area contributed by atoms with Crippen LogP contribution in [0.1, 0.15) is 44.1 Å². The molecule has 3 rings (SSSR count). The Morgan fingerprint density at radius 1 is 1.21 bits per heavy atom. The van der Waals surface area contributed by atoms with Crippen molar-refractivity contribution >= 4 is 21.8 Å². The predicted molar refractivity (Wildman–Crippen MR) is 92.4 cm³/mol. The lowest BCUT2D eigenvalue weighted by atomic mass is 9.89. The minimum atomic E-state index is -3.51. The SMILES string of the molecule is O=C(CCN=C1NS(=O)(=O)c2ccccc21)NCC1CCCCC1. The molecule has 1 aliphatic heterocycles. The molecule has 130 valence electrons. The molecule has 0 spiro atoms. The minimum absolute atomic E-state index is 0.0286. The van der Waals surface area contributed by atoms with E-state index in [9.17, 15) is 13.2 Å². The summed E-state index contributed by atoms with van der Waals surface area (Å²) in [4.78, 5) is 16.4. The number of sulfonamides is 1. The number of nitrogens with zero attached hydrogens (tertiary/aromatic N) is 1. The smallest absolute Gasteiger partial charge is 0.263 e. The summed E-state index contributed by atoms with van der Waals surface area (Å²) < 4.78 is 26.4. The average Bonchev–Trinajstić information content (AvgIpc) is 2.85. The van der Waals surface area contributed by atoms with Gasteiger partial charge in [0.2, 0.25) is 5.91 Å². The maximum atomic E-state index is 12.0. The van der Waals surface area contributed by atoms with Crippen molar-refractivity contribution in [1.29, 1.82) is 0 Å². The van der Waals surface area contributed by atoms with Crippen molar-refractivity contribution in [2.45, 2.75) is 43.4 Å². The van der Waals surface area contributed by atoms with Gasteiger partial charge in [-0.25, -0.2) is 8.42 Å². The number of carbonyl (C=O) groups excluding carboxylic acids is 1. The van der Waals surface area contributed by atoms with Crippen LogP contribution >= 0.6 is 0 Å². The van der Waals surface area contributed by atoms with Crippen LogP contribution < -0.4 is 10.0 Å². The molecule has 7 heteroatoms. The molecular formula is C17H23N3O3S. The van der Waals surface area contributed by atoms with E-state index in [0.29, 0.717) is 17.3 Å². The predicted octanol–water partition coefficient (Wildman–Crippen LogP) is 1.81. The lowest BCUT2D eigenvalue weighted by Crippen LogP contribution is -2.30. The summed E-state index contributed by atoms with van der Waals surface area (Å²) in [5, 5.41) is 2.97. The summed E-state index contributed by atoms with van der Waals surface area (Å²) in [5.74, 6) is 0.896. The molecule has 1 saturated carbocycles. The molecule has 0 aromatic heterocycles. The van der Waals surface area contributed by atoms with Crippen molar-refractivity contribution < 1.29 is 13.2 Å². The maximum absolute atomic E-state index is 12.0. The molecule has 1 aromatic rings. The highest BCUT2D eigenvalue weighted by Crippen LogP contribution is 2.23. The highest BCUT2D eigenvalue weighted by Gasteiger charge is 2.29. The zero-order valence-corrected chi connectivity index (χ0v) is 14.4. The van der Waals surface area contributed by atoms with E-state index < -0.39 is 10.0 Å². The van der Waals surface area contributed by atoms with E-state index in [0.717, 1.165) is 6.54 Å². The number of fused-ring (bicyclic) bond motifs is 1. The number of amidine groups is 1. The topological polar surface area (TPSA) is 87.6 Å². The van der Waals surface area contributed by atoms with Crippen LogP contribution in [0.25, 0.3) is 0 Å². The molecule has 0 bridgehead atoms. The first-order valence-electron chi connectivity index (χ1n) is 8.49. The second kappa shape index (κ2) is 7.34. The van der Waals surface area contributed by atoms with Gasteiger partial charge in [0.1, 0.15) is 5.84 Å². The summed E-state index contributed by atoms with van der Waals surface area (Å²) >= 11 is 0. The van der Waals surface area contributed by atoms with Gasteiger partial charge < -0.3 is 5.32 Å². The molecule has 6 nitrogen and oxygen atoms in total. The third-order valence-corrected chi connectivity index (χ3v) is 5.98. The molecule has 0 atom stereocenters. The molecule has 0 unspecified atom stereocenters. The Hall–Kier alpha value is -1.89. The lowest BCUT2D eigenvalue weighted by molar-refractivity contribution is -0.121. The standard InChI is InChI=1S/C17H23N3O3S/c21-16(19-12-13-6-2-1-3-7-13)10-11-18-17-14-8-4-5-9-15(14)24(22,23)20-17/h4-5,8-9,13H,1-3,6-7,10-12H2,(H,18,20)(H,19,21). The van der Waals surface area contributed by atoms with Crippen LogP contribution in [0.4, 0.5) is 0 Å². The molecule has 24 heavy (non-hydrogen) atoms. The first-order chi connectivity index (χ1) is 11.6. The lowest BCUT2D eigenvalue weighted by Gasteiger charge is -2.21. The molecule has 0 radical (unpaired) electrons. The van der Waals surface area contributed by atoms with Crippen molar-refractivity contribution in [2.24, 2.45) is 10.9 Å². The van der Waals surface area contributed by atoms with Crippen molar-refractivity contribution in [3.63, 3.8) is 0 Å². The summed E-state index contributed by atoms with van der Waals surface area (Å²) in [6.45, 7) is 1.01. The van der Waals surface area contributed by atoms with Crippen molar-refractivity contribution in [3.05, 3.63) is 29.8 Å². The number of carbonyl (C=O) groups is 1. The van der Waals surface area contributed by atoms with E-state index in [1.54, 1.807) is 24.3 Å². The second-order valence-corrected chi connectivity index (χ2v) is 8.04. The summed E-state index contributed by atoms with van der Waals surface area (Å²) in [7, 11) is -3.51. The third-order valence-electron chi connectivity index (χ3n) is 4.58. The Kier molecular flexibility index (Phi) is 5.18. The van der Waals surface area contributed by atoms with Gasteiger partial charge in [-0.05, 0) is 30.9 Å². The average molecular weight is 349 g/mol. The highest BCUT2D eigenvalue weighted by atomic mass is 32.2. The Morgan fingerprint density at radius 2 is 1.96 bits per heavy atom. The van der Waals surface area contributed by atoms with Gasteiger partial charge in [-0.1, -0.05) is 31.4 Å². The Bertz CT molecular complexity index is 737. The molecule has 2 N–H and O–H groups in total. The molecule has 0 saturated heterocycles. The molecule has 1 aliphatic carbocycles. The van der Waals surface area contributed by atoms with E-state index in [2.05, 4.69) is 15.0 Å². The highest BCUT2D eigenvalue weighted by molar-refractivity contribution is 7.90. The Labute approximate surface area is 142 Å². The summed E-state index contributed by atoms with van der Waals surface area (Å²) in [6.07, 6.45) is 6.48. The van der Waals surface area contributed by atoms with Crippen molar-refractivity contribution in [3.8, 4) is 0 Å². The van der Waals surface area contributed by atoms with Gasteiger partial charge in [-0.15, -0.1) is 0 Å². The number of benzene rings is 1. The maximum Gasteiger partial charge on any atom is 0.263 e. The third kappa shape index (κ3) is 3.95. The largest absolute Gasteiger partial charge is 0.356 e. The fraction of sp³-hybridized carbons (Fsp3) is 0.529. The van der Waals surface area contributed by atoms with Crippen LogP contribution in [0, 0.1) is 5.92 Å². The first-order valence-corrected chi connectivity index (χ1v) is 9.98.